The van der Waals surface area contributed by atoms with E-state index in [-0.39, 0.29) is 41.6 Å². The van der Waals surface area contributed by atoms with Crippen LogP contribution in [0.15, 0.2) is 0 Å². The summed E-state index contributed by atoms with van der Waals surface area (Å²) in [5, 5.41) is 55.5. The maximum atomic E-state index is 12.4. The molecular formula is C30H48O7. The molecule has 6 aliphatic rings. The van der Waals surface area contributed by atoms with E-state index in [2.05, 4.69) is 34.6 Å². The highest BCUT2D eigenvalue weighted by molar-refractivity contribution is 5.74. The van der Waals surface area contributed by atoms with Crippen molar-refractivity contribution in [3.8, 4) is 0 Å². The lowest BCUT2D eigenvalue weighted by Gasteiger charge is -2.75. The van der Waals surface area contributed by atoms with Crippen LogP contribution in [0.3, 0.4) is 0 Å². The fourth-order valence-electron chi connectivity index (χ4n) is 12.3. The molecule has 5 saturated carbocycles. The zero-order chi connectivity index (χ0) is 27.2. The first-order valence-electron chi connectivity index (χ1n) is 14.6. The van der Waals surface area contributed by atoms with Crippen molar-refractivity contribution in [1.29, 1.82) is 0 Å². The maximum absolute atomic E-state index is 12.4. The number of ether oxygens (including phenoxy) is 1. The first-order valence-corrected chi connectivity index (χ1v) is 14.6. The highest BCUT2D eigenvalue weighted by atomic mass is 16.5. The van der Waals surface area contributed by atoms with Gasteiger partial charge in [0, 0.05) is 11.3 Å². The largest absolute Gasteiger partial charge is 0.481 e. The molecule has 13 atom stereocenters. The molecule has 0 unspecified atom stereocenters. The third-order valence-electron chi connectivity index (χ3n) is 14.4. The summed E-state index contributed by atoms with van der Waals surface area (Å²) < 4.78 is 6.88. The van der Waals surface area contributed by atoms with Gasteiger partial charge in [-0.05, 0) is 86.4 Å². The molecule has 2 bridgehead atoms. The summed E-state index contributed by atoms with van der Waals surface area (Å²) in [7, 11) is 0. The highest BCUT2D eigenvalue weighted by Gasteiger charge is 2.82. The second-order valence-corrected chi connectivity index (χ2v) is 15.8. The van der Waals surface area contributed by atoms with E-state index in [1.807, 2.05) is 0 Å². The number of fused-ring (bicyclic) bond motifs is 4. The quantitative estimate of drug-likeness (QED) is 0.359. The van der Waals surface area contributed by atoms with Crippen LogP contribution in [0, 0.1) is 50.2 Å². The van der Waals surface area contributed by atoms with Crippen molar-refractivity contribution in [2.24, 2.45) is 50.2 Å². The molecule has 6 fully saturated rings. The first-order chi connectivity index (χ1) is 17.0. The van der Waals surface area contributed by atoms with Crippen molar-refractivity contribution in [2.75, 3.05) is 6.61 Å². The summed E-state index contributed by atoms with van der Waals surface area (Å²) >= 11 is 0. The Kier molecular flexibility index (Phi) is 5.23. The lowest BCUT2D eigenvalue weighted by Crippen LogP contribution is -2.75. The molecule has 7 heteroatoms. The fraction of sp³-hybridized carbons (Fsp3) is 0.967. The van der Waals surface area contributed by atoms with Gasteiger partial charge in [0.05, 0.1) is 47.5 Å². The Morgan fingerprint density at radius 2 is 1.41 bits per heavy atom. The van der Waals surface area contributed by atoms with Gasteiger partial charge < -0.3 is 30.3 Å². The second kappa shape index (κ2) is 7.31. The molecule has 37 heavy (non-hydrogen) atoms. The molecule has 1 aliphatic heterocycles. The van der Waals surface area contributed by atoms with E-state index in [4.69, 9.17) is 4.74 Å². The van der Waals surface area contributed by atoms with Gasteiger partial charge in [-0.1, -0.05) is 34.6 Å². The van der Waals surface area contributed by atoms with Crippen LogP contribution in [-0.2, 0) is 9.53 Å². The van der Waals surface area contributed by atoms with E-state index >= 15 is 0 Å². The lowest BCUT2D eigenvalue weighted by molar-refractivity contribution is -0.309. The minimum atomic E-state index is -1.05. The number of hydrogen-bond donors (Lipinski definition) is 5. The van der Waals surface area contributed by atoms with E-state index in [0.29, 0.717) is 19.3 Å². The smallest absolute Gasteiger partial charge is 0.309 e. The Morgan fingerprint density at radius 3 is 2.05 bits per heavy atom. The minimum Gasteiger partial charge on any atom is -0.481 e. The third-order valence-corrected chi connectivity index (χ3v) is 14.4. The Balaban J connectivity index is 1.47. The molecule has 0 aromatic heterocycles. The predicted molar refractivity (Wildman–Crippen MR) is 136 cm³/mol. The number of carboxylic acids is 1. The van der Waals surface area contributed by atoms with Gasteiger partial charge in [-0.15, -0.1) is 0 Å². The maximum Gasteiger partial charge on any atom is 0.309 e. The van der Waals surface area contributed by atoms with Crippen molar-refractivity contribution in [2.45, 2.75) is 123 Å². The Morgan fingerprint density at radius 1 is 0.784 bits per heavy atom. The lowest BCUT2D eigenvalue weighted by atomic mass is 9.30. The molecule has 5 aliphatic carbocycles. The van der Waals surface area contributed by atoms with E-state index < -0.39 is 57.6 Å². The summed E-state index contributed by atoms with van der Waals surface area (Å²) in [5.74, 6) is -0.557. The molecule has 0 radical (unpaired) electrons. The number of carbonyl (C=O) groups is 1. The zero-order valence-corrected chi connectivity index (χ0v) is 23.5. The second-order valence-electron chi connectivity index (χ2n) is 15.8. The average molecular weight is 521 g/mol. The first kappa shape index (κ1) is 26.5. The zero-order valence-electron chi connectivity index (χ0n) is 23.5. The summed E-state index contributed by atoms with van der Waals surface area (Å²) in [6.07, 6.45) is 2.02. The van der Waals surface area contributed by atoms with E-state index in [0.717, 1.165) is 25.7 Å². The Hall–Kier alpha value is -0.730. The average Bonchev–Trinajstić information content (AvgIpc) is 3.07. The van der Waals surface area contributed by atoms with Crippen LogP contribution in [-0.4, -0.2) is 68.1 Å². The highest BCUT2D eigenvalue weighted by Crippen LogP contribution is 2.80. The van der Waals surface area contributed by atoms with Gasteiger partial charge >= 0.3 is 5.97 Å². The molecule has 1 saturated heterocycles. The molecule has 6 rings (SSSR count). The van der Waals surface area contributed by atoms with Crippen molar-refractivity contribution in [3.63, 3.8) is 0 Å². The summed E-state index contributed by atoms with van der Waals surface area (Å²) in [4.78, 5) is 12.4. The number of aliphatic hydroxyl groups excluding tert-OH is 4. The van der Waals surface area contributed by atoms with Crippen molar-refractivity contribution in [1.82, 2.24) is 0 Å². The van der Waals surface area contributed by atoms with Crippen LogP contribution in [0.1, 0.15) is 92.9 Å². The van der Waals surface area contributed by atoms with Crippen LogP contribution in [0.4, 0.5) is 0 Å². The monoisotopic (exact) mass is 520 g/mol. The van der Waals surface area contributed by atoms with Gasteiger partial charge in [-0.2, -0.15) is 0 Å². The fourth-order valence-corrected chi connectivity index (χ4v) is 12.3. The number of carboxylic acid groups (broad SMARTS) is 1. The van der Waals surface area contributed by atoms with E-state index in [9.17, 15) is 30.3 Å². The van der Waals surface area contributed by atoms with E-state index in [1.165, 1.54) is 0 Å². The third kappa shape index (κ3) is 2.70. The molecule has 0 aromatic rings. The Labute approximate surface area is 221 Å². The van der Waals surface area contributed by atoms with Gasteiger partial charge in [0.2, 0.25) is 0 Å². The summed E-state index contributed by atoms with van der Waals surface area (Å²) in [6, 6.07) is 0. The normalized spacial score (nSPS) is 62.1. The Bertz CT molecular complexity index is 1010. The van der Waals surface area contributed by atoms with Gasteiger partial charge in [0.15, 0.2) is 0 Å². The molecule has 1 heterocycles. The van der Waals surface area contributed by atoms with E-state index in [1.54, 1.807) is 6.92 Å². The number of aliphatic carboxylic acids is 1. The standard InChI is InChI=1S/C30H48O7/c1-24(2)17-7-9-27(5)18(26(17,4)11-16(31)22(24)34)8-10-30-19-12-25(3,23(35)36)13-20(32)29(19,15-37-30)21(33)14-28(27,30)6/h16-22,31-34H,7-15H2,1-6H3,(H,35,36)/t16-,17+,18-,19-,20-,21-,22+,25-,26+,27-,28+,29-,30+/m1/s1. The van der Waals surface area contributed by atoms with Crippen molar-refractivity contribution in [3.05, 3.63) is 0 Å². The van der Waals surface area contributed by atoms with Crippen LogP contribution in [0.5, 0.6) is 0 Å². The summed E-state index contributed by atoms with van der Waals surface area (Å²) in [5.41, 5.74) is -3.64. The minimum absolute atomic E-state index is 0.140. The van der Waals surface area contributed by atoms with Crippen molar-refractivity contribution >= 4 is 5.97 Å². The SMILES string of the molecule is CC1(C)[C@@H](O)[C@H](O)C[C@]2(C)[C@H]3CC[C@]45OC[C@@]6([C@H](O)C[C@](C)(C(=O)O)C[C@H]64)[C@H](O)C[C@@]5(C)[C@]3(C)CC[C@@H]12. The van der Waals surface area contributed by atoms with Crippen LogP contribution < -0.4 is 0 Å². The van der Waals surface area contributed by atoms with Gasteiger partial charge in [0.1, 0.15) is 0 Å². The number of aliphatic hydroxyl groups is 4. The van der Waals surface area contributed by atoms with Crippen LogP contribution in [0.25, 0.3) is 0 Å². The molecule has 0 aromatic carbocycles. The molecule has 5 N–H and O–H groups in total. The molecule has 1 spiro atoms. The molecular weight excluding hydrogens is 472 g/mol. The van der Waals surface area contributed by atoms with Gasteiger partial charge in [0.25, 0.3) is 0 Å². The van der Waals surface area contributed by atoms with Crippen LogP contribution >= 0.6 is 0 Å². The van der Waals surface area contributed by atoms with Gasteiger partial charge in [-0.25, -0.2) is 0 Å². The predicted octanol–water partition coefficient (Wildman–Crippen LogP) is 3.36. The number of hydrogen-bond acceptors (Lipinski definition) is 6. The van der Waals surface area contributed by atoms with Crippen molar-refractivity contribution < 1.29 is 35.1 Å². The summed E-state index contributed by atoms with van der Waals surface area (Å²) in [6.45, 7) is 13.2. The van der Waals surface area contributed by atoms with Crippen LogP contribution in [0.2, 0.25) is 0 Å². The molecule has 7 nitrogen and oxygen atoms in total. The number of rotatable bonds is 1. The topological polar surface area (TPSA) is 127 Å². The molecule has 0 amide bonds. The van der Waals surface area contributed by atoms with Gasteiger partial charge in [-0.3, -0.25) is 4.79 Å². The molecule has 210 valence electrons.